The van der Waals surface area contributed by atoms with Crippen molar-refractivity contribution >= 4 is 35.0 Å². The summed E-state index contributed by atoms with van der Waals surface area (Å²) in [6.07, 6.45) is -0.250. The van der Waals surface area contributed by atoms with E-state index in [1.54, 1.807) is 30.3 Å². The van der Waals surface area contributed by atoms with Crippen LogP contribution >= 0.6 is 0 Å². The Morgan fingerprint density at radius 1 is 1.00 bits per heavy atom. The summed E-state index contributed by atoms with van der Waals surface area (Å²) in [6, 6.07) is 12.4. The van der Waals surface area contributed by atoms with Gasteiger partial charge in [-0.2, -0.15) is 0 Å². The van der Waals surface area contributed by atoms with Crippen LogP contribution in [0.15, 0.2) is 42.5 Å². The summed E-state index contributed by atoms with van der Waals surface area (Å²) in [5, 5.41) is 2.70. The first-order valence-corrected chi connectivity index (χ1v) is 9.80. The lowest BCUT2D eigenvalue weighted by molar-refractivity contribution is -0.130. The van der Waals surface area contributed by atoms with Gasteiger partial charge in [-0.05, 0) is 49.2 Å². The standard InChI is InChI=1S/C22H24N4O5/c1-14-7-8-16(11-15(14)2)31-13-21(29)25-24-19(27)9-10-22(30)26-12-20(28)23-17-5-3-4-6-18(17)26/h3-8,11H,9-10,12-13H2,1-2H3,(H,23,28)(H,24,27)(H,25,29). The Labute approximate surface area is 179 Å². The first kappa shape index (κ1) is 21.8. The van der Waals surface area contributed by atoms with Crippen LogP contribution in [0.5, 0.6) is 5.75 Å². The summed E-state index contributed by atoms with van der Waals surface area (Å²) in [4.78, 5) is 49.5. The number of fused-ring (bicyclic) bond motifs is 1. The highest BCUT2D eigenvalue weighted by atomic mass is 16.5. The van der Waals surface area contributed by atoms with Crippen LogP contribution in [0.2, 0.25) is 0 Å². The summed E-state index contributed by atoms with van der Waals surface area (Å²) in [5.41, 5.74) is 7.81. The summed E-state index contributed by atoms with van der Waals surface area (Å²) >= 11 is 0. The maximum absolute atomic E-state index is 12.5. The Kier molecular flexibility index (Phi) is 6.86. The van der Waals surface area contributed by atoms with Crippen LogP contribution in [0.25, 0.3) is 0 Å². The molecule has 0 fully saturated rings. The van der Waals surface area contributed by atoms with Crippen LogP contribution in [-0.4, -0.2) is 36.8 Å². The molecule has 1 aliphatic rings. The Morgan fingerprint density at radius 2 is 1.74 bits per heavy atom. The molecule has 9 heteroatoms. The van der Waals surface area contributed by atoms with E-state index in [-0.39, 0.29) is 37.8 Å². The largest absolute Gasteiger partial charge is 0.484 e. The maximum atomic E-state index is 12.5. The molecule has 0 radical (unpaired) electrons. The molecule has 2 aromatic carbocycles. The van der Waals surface area contributed by atoms with Gasteiger partial charge in [-0.1, -0.05) is 18.2 Å². The molecule has 3 N–H and O–H groups in total. The molecular weight excluding hydrogens is 400 g/mol. The van der Waals surface area contributed by atoms with Gasteiger partial charge in [0, 0.05) is 12.8 Å². The van der Waals surface area contributed by atoms with Crippen LogP contribution in [0, 0.1) is 13.8 Å². The third-order valence-electron chi connectivity index (χ3n) is 4.83. The fourth-order valence-corrected chi connectivity index (χ4v) is 3.00. The van der Waals surface area contributed by atoms with E-state index in [4.69, 9.17) is 4.74 Å². The van der Waals surface area contributed by atoms with E-state index in [1.807, 2.05) is 26.0 Å². The zero-order chi connectivity index (χ0) is 22.4. The number of anilines is 2. The molecule has 162 valence electrons. The van der Waals surface area contributed by atoms with Crippen LogP contribution in [-0.2, 0) is 19.2 Å². The van der Waals surface area contributed by atoms with Crippen LogP contribution < -0.4 is 25.8 Å². The number of carbonyl (C=O) groups is 4. The number of hydrogen-bond donors (Lipinski definition) is 3. The van der Waals surface area contributed by atoms with E-state index in [1.165, 1.54) is 4.90 Å². The lowest BCUT2D eigenvalue weighted by Crippen LogP contribution is -2.45. The van der Waals surface area contributed by atoms with E-state index < -0.39 is 11.8 Å². The van der Waals surface area contributed by atoms with Gasteiger partial charge in [0.05, 0.1) is 11.4 Å². The molecule has 1 aliphatic heterocycles. The fourth-order valence-electron chi connectivity index (χ4n) is 3.00. The Morgan fingerprint density at radius 3 is 2.52 bits per heavy atom. The van der Waals surface area contributed by atoms with Crippen LogP contribution in [0.4, 0.5) is 11.4 Å². The number of benzene rings is 2. The van der Waals surface area contributed by atoms with Gasteiger partial charge in [-0.15, -0.1) is 0 Å². The molecule has 9 nitrogen and oxygen atoms in total. The number of hydrogen-bond acceptors (Lipinski definition) is 5. The number of nitrogens with zero attached hydrogens (tertiary/aromatic N) is 1. The molecule has 1 heterocycles. The fraction of sp³-hybridized carbons (Fsp3) is 0.273. The van der Waals surface area contributed by atoms with Crippen molar-refractivity contribution in [1.82, 2.24) is 10.9 Å². The average Bonchev–Trinajstić information content (AvgIpc) is 2.76. The smallest absolute Gasteiger partial charge is 0.276 e. The minimum Gasteiger partial charge on any atom is -0.484 e. The normalized spacial score (nSPS) is 12.5. The minimum absolute atomic E-state index is 0.107. The molecule has 31 heavy (non-hydrogen) atoms. The number of hydrazine groups is 1. The molecule has 0 atom stereocenters. The van der Waals surface area contributed by atoms with Gasteiger partial charge in [-0.3, -0.25) is 30.0 Å². The molecular formula is C22H24N4O5. The third-order valence-corrected chi connectivity index (χ3v) is 4.83. The molecule has 0 aliphatic carbocycles. The van der Waals surface area contributed by atoms with Gasteiger partial charge in [0.15, 0.2) is 6.61 Å². The number of carbonyl (C=O) groups excluding carboxylic acids is 4. The second-order valence-electron chi connectivity index (χ2n) is 7.18. The lowest BCUT2D eigenvalue weighted by Gasteiger charge is -2.29. The summed E-state index contributed by atoms with van der Waals surface area (Å²) < 4.78 is 5.39. The zero-order valence-corrected chi connectivity index (χ0v) is 17.4. The van der Waals surface area contributed by atoms with Crippen LogP contribution in [0.1, 0.15) is 24.0 Å². The topological polar surface area (TPSA) is 117 Å². The van der Waals surface area contributed by atoms with Gasteiger partial charge in [-0.25, -0.2) is 0 Å². The van der Waals surface area contributed by atoms with Gasteiger partial charge < -0.3 is 15.0 Å². The van der Waals surface area contributed by atoms with Gasteiger partial charge in [0.25, 0.3) is 5.91 Å². The van der Waals surface area contributed by atoms with E-state index >= 15 is 0 Å². The molecule has 0 aromatic heterocycles. The Hall–Kier alpha value is -3.88. The Balaban J connectivity index is 1.42. The number of para-hydroxylation sites is 2. The third kappa shape index (κ3) is 5.81. The van der Waals surface area contributed by atoms with E-state index in [2.05, 4.69) is 16.2 Å². The van der Waals surface area contributed by atoms with Crippen molar-refractivity contribution in [2.75, 3.05) is 23.4 Å². The number of amides is 4. The van der Waals surface area contributed by atoms with Gasteiger partial charge >= 0.3 is 0 Å². The van der Waals surface area contributed by atoms with Crippen molar-refractivity contribution < 1.29 is 23.9 Å². The van der Waals surface area contributed by atoms with E-state index in [0.717, 1.165) is 11.1 Å². The van der Waals surface area contributed by atoms with Gasteiger partial charge in [0.2, 0.25) is 17.7 Å². The van der Waals surface area contributed by atoms with E-state index in [0.29, 0.717) is 17.1 Å². The first-order chi connectivity index (χ1) is 14.8. The summed E-state index contributed by atoms with van der Waals surface area (Å²) in [5.74, 6) is -1.16. The summed E-state index contributed by atoms with van der Waals surface area (Å²) in [7, 11) is 0. The molecule has 2 aromatic rings. The second-order valence-corrected chi connectivity index (χ2v) is 7.18. The second kappa shape index (κ2) is 9.75. The number of nitrogens with one attached hydrogen (secondary N) is 3. The van der Waals surface area contributed by atoms with E-state index in [9.17, 15) is 19.2 Å². The molecule has 0 spiro atoms. The monoisotopic (exact) mass is 424 g/mol. The number of aryl methyl sites for hydroxylation is 2. The SMILES string of the molecule is Cc1ccc(OCC(=O)NNC(=O)CCC(=O)N2CC(=O)Nc3ccccc32)cc1C. The van der Waals surface area contributed by atoms with Crippen LogP contribution in [0.3, 0.4) is 0 Å². The average molecular weight is 424 g/mol. The van der Waals surface area contributed by atoms with Crippen molar-refractivity contribution in [3.05, 3.63) is 53.6 Å². The lowest BCUT2D eigenvalue weighted by atomic mass is 10.1. The van der Waals surface area contributed by atoms with Crippen molar-refractivity contribution in [2.24, 2.45) is 0 Å². The predicted octanol–water partition coefficient (Wildman–Crippen LogP) is 1.60. The van der Waals surface area contributed by atoms with Crippen molar-refractivity contribution in [1.29, 1.82) is 0 Å². The maximum Gasteiger partial charge on any atom is 0.276 e. The minimum atomic E-state index is -0.528. The first-order valence-electron chi connectivity index (χ1n) is 9.80. The van der Waals surface area contributed by atoms with Crippen molar-refractivity contribution in [3.63, 3.8) is 0 Å². The number of rotatable bonds is 6. The highest BCUT2D eigenvalue weighted by molar-refractivity contribution is 6.10. The molecule has 0 unspecified atom stereocenters. The highest BCUT2D eigenvalue weighted by Crippen LogP contribution is 2.29. The van der Waals surface area contributed by atoms with Crippen molar-refractivity contribution in [3.8, 4) is 5.75 Å². The quantitative estimate of drug-likeness (QED) is 0.609. The zero-order valence-electron chi connectivity index (χ0n) is 17.4. The molecule has 0 saturated carbocycles. The summed E-state index contributed by atoms with van der Waals surface area (Å²) in [6.45, 7) is 3.55. The molecule has 0 bridgehead atoms. The molecule has 4 amide bonds. The predicted molar refractivity (Wildman–Crippen MR) is 114 cm³/mol. The van der Waals surface area contributed by atoms with Gasteiger partial charge in [0.1, 0.15) is 12.3 Å². The van der Waals surface area contributed by atoms with Crippen molar-refractivity contribution in [2.45, 2.75) is 26.7 Å². The Bertz CT molecular complexity index is 1020. The molecule has 3 rings (SSSR count). The highest BCUT2D eigenvalue weighted by Gasteiger charge is 2.26. The number of ether oxygens (including phenoxy) is 1. The molecule has 0 saturated heterocycles.